The first-order chi connectivity index (χ1) is 72.5. The van der Waals surface area contributed by atoms with E-state index in [0.29, 0.717) is 0 Å². The van der Waals surface area contributed by atoms with Crippen molar-refractivity contribution >= 4 is 175 Å². The topological polar surface area (TPSA) is 47.6 Å². The van der Waals surface area contributed by atoms with Gasteiger partial charge in [-0.05, 0) is 250 Å². The highest BCUT2D eigenvalue weighted by Gasteiger charge is 2.27. The predicted molar refractivity (Wildman–Crippen MR) is 614 cm³/mol. The zero-order valence-electron chi connectivity index (χ0n) is 79.4. The van der Waals surface area contributed by atoms with Crippen molar-refractivity contribution in [2.45, 2.75) is 0 Å². The number of hydrogen-bond acceptors (Lipinski definition) is 1. The smallest absolute Gasteiger partial charge is 0.159 e. The minimum atomic E-state index is 0.905. The van der Waals surface area contributed by atoms with Gasteiger partial charge < -0.3 is 36.4 Å². The van der Waals surface area contributed by atoms with Crippen molar-refractivity contribution in [2.24, 2.45) is 0 Å². The number of rotatable bonds is 12. The Morgan fingerprint density at radius 3 is 0.795 bits per heavy atom. The van der Waals surface area contributed by atoms with Gasteiger partial charge in [-0.1, -0.05) is 346 Å². The third-order valence-corrected chi connectivity index (χ3v) is 30.1. The summed E-state index contributed by atoms with van der Waals surface area (Å²) in [6.07, 6.45) is 0. The number of aromatic nitrogens is 7. The van der Waals surface area contributed by atoms with Crippen LogP contribution in [0, 0.1) is 0 Å². The highest BCUT2D eigenvalue weighted by atomic mass is 16.3. The molecule has 0 N–H and O–H groups in total. The molecule has 31 rings (SSSR count). The third kappa shape index (κ3) is 13.4. The Kier molecular flexibility index (Phi) is 19.5. The lowest BCUT2D eigenvalue weighted by Gasteiger charge is -2.11. The quantitative estimate of drug-likeness (QED) is 0.120. The zero-order chi connectivity index (χ0) is 96.0. The van der Waals surface area contributed by atoms with E-state index >= 15 is 0 Å². The lowest BCUT2D eigenvalue weighted by molar-refractivity contribution is 0.666. The largest absolute Gasteiger partial charge is 0.454 e. The van der Waals surface area contributed by atoms with E-state index in [-0.39, 0.29) is 0 Å². The molecule has 0 atom stereocenters. The van der Waals surface area contributed by atoms with Crippen LogP contribution in [-0.2, 0) is 0 Å². The van der Waals surface area contributed by atoms with Crippen LogP contribution in [0.15, 0.2) is 544 Å². The van der Waals surface area contributed by atoms with Gasteiger partial charge in [0, 0.05) is 120 Å². The Morgan fingerprint density at radius 2 is 0.370 bits per heavy atom. The van der Waals surface area contributed by atoms with E-state index in [9.17, 15) is 0 Å². The Hall–Kier alpha value is -19.5. The lowest BCUT2D eigenvalue weighted by atomic mass is 9.97. The number of furan rings is 1. The van der Waals surface area contributed by atoms with Crippen molar-refractivity contribution in [2.75, 3.05) is 0 Å². The van der Waals surface area contributed by atoms with Crippen molar-refractivity contribution in [3.05, 3.63) is 540 Å². The second kappa shape index (κ2) is 34.2. The van der Waals surface area contributed by atoms with Gasteiger partial charge in [-0.2, -0.15) is 0 Å². The highest BCUT2D eigenvalue weighted by Crippen LogP contribution is 2.49. The van der Waals surface area contributed by atoms with E-state index in [2.05, 4.69) is 560 Å². The molecule has 0 unspecified atom stereocenters. The van der Waals surface area contributed by atoms with Gasteiger partial charge in [0.2, 0.25) is 0 Å². The summed E-state index contributed by atoms with van der Waals surface area (Å²) in [5, 5.41) is 19.8. The molecule has 0 spiro atoms. The molecule has 0 fully saturated rings. The van der Waals surface area contributed by atoms with Crippen LogP contribution in [-0.4, -0.2) is 32.0 Å². The van der Waals surface area contributed by atoms with Crippen LogP contribution < -0.4 is 0 Å². The summed E-state index contributed by atoms with van der Waals surface area (Å²) < 4.78 is 23.3. The lowest BCUT2D eigenvalue weighted by Crippen LogP contribution is -1.95. The summed E-state index contributed by atoms with van der Waals surface area (Å²) >= 11 is 0. The van der Waals surface area contributed by atoms with Crippen molar-refractivity contribution < 1.29 is 4.42 Å². The molecule has 8 heterocycles. The highest BCUT2D eigenvalue weighted by molar-refractivity contribution is 6.23. The van der Waals surface area contributed by atoms with Crippen LogP contribution in [0.3, 0.4) is 0 Å². The van der Waals surface area contributed by atoms with Gasteiger partial charge in [-0.3, -0.25) is 0 Å². The summed E-state index contributed by atoms with van der Waals surface area (Å²) in [5.74, 6) is 0. The van der Waals surface area contributed by atoms with Gasteiger partial charge in [0.05, 0.1) is 82.9 Å². The molecule has 682 valence electrons. The predicted octanol–water partition coefficient (Wildman–Crippen LogP) is 37.0. The maximum atomic E-state index is 6.52. The molecule has 0 aliphatic carbocycles. The van der Waals surface area contributed by atoms with Gasteiger partial charge in [-0.15, -0.1) is 0 Å². The number of para-hydroxylation sites is 12. The molecule has 0 aliphatic heterocycles. The second-order valence-corrected chi connectivity index (χ2v) is 38.1. The molecule has 146 heavy (non-hydrogen) atoms. The molecule has 0 saturated heterocycles. The summed E-state index contributed by atoms with van der Waals surface area (Å²) in [6.45, 7) is 0. The summed E-state index contributed by atoms with van der Waals surface area (Å²) in [5.41, 5.74) is 38.8. The van der Waals surface area contributed by atoms with Crippen molar-refractivity contribution in [3.8, 4) is 95.4 Å². The molecule has 0 amide bonds. The van der Waals surface area contributed by atoms with E-state index in [4.69, 9.17) is 4.42 Å². The SMILES string of the molecule is c1ccc(-c2cccc(-n3c4ccccc4c4c(-c5ccc6c(c5)c5cc(-c7ccccc7)ccc5n6-c5ccccc5)cccc43)c2)cc1.c1ccc(-n2c3ccccc3c3cc(-c4cccc5c4c4ccccc4n5-c4cccc5c4oc4ccccc45)ccc32)cc1.c1ccc(-n2c3ccccc3c3cc(-n4c5ccccc5c5cc(-c6cccc7c6c6ccccc6n7-c6ccccc6)ccc54)ccc32)cc1. The van der Waals surface area contributed by atoms with Crippen LogP contribution in [0.4, 0.5) is 0 Å². The Morgan fingerprint density at radius 1 is 0.123 bits per heavy atom. The summed E-state index contributed by atoms with van der Waals surface area (Å²) in [7, 11) is 0. The van der Waals surface area contributed by atoms with Crippen LogP contribution in [0.1, 0.15) is 0 Å². The standard InChI is InChI=1S/C48H31N3.C48H32N2.C42H26N2O/c1-3-14-33(15-4-1)49-42-22-10-8-19-38(42)41-31-35(27-29-46(41)49)51-43-23-11-7-18-37(43)40-30-32(26-28-45(40)51)36-21-13-25-47-48(36)39-20-9-12-24-44(39)50(47)34-16-5-2-6-17-34;1-4-14-33(15-5-1)35-18-12-21-39(30-35)50-44-24-11-10-22-41(44)48-40(23-13-25-47(48)50)37-27-29-46-43(32-37)42-31-36(34-16-6-2-7-17-34)26-28-45(42)49(46)38-19-8-3-9-20-38;1-2-12-28(13-3-1)43-35-19-7-4-14-30(35)34-26-27(24-25-37(34)43)29-17-10-21-38-41(29)33-16-5-8-20-36(33)44(38)39-22-11-18-32-31-15-6-9-23-40(31)45-42(32)39/h1-31H;1-32H;1-26H. The molecule has 8 nitrogen and oxygen atoms in total. The van der Waals surface area contributed by atoms with Gasteiger partial charge in [-0.25, -0.2) is 0 Å². The molecule has 0 bridgehead atoms. The van der Waals surface area contributed by atoms with Crippen molar-refractivity contribution in [1.82, 2.24) is 32.0 Å². The third-order valence-electron chi connectivity index (χ3n) is 30.1. The Labute approximate surface area is 840 Å². The molecule has 31 aromatic rings. The molecular weight excluding hydrogens is 1770 g/mol. The number of benzene rings is 23. The van der Waals surface area contributed by atoms with Gasteiger partial charge in [0.15, 0.2) is 5.58 Å². The zero-order valence-corrected chi connectivity index (χ0v) is 79.4. The molecule has 8 heteroatoms. The molecule has 8 aromatic heterocycles. The van der Waals surface area contributed by atoms with E-state index in [1.807, 2.05) is 12.1 Å². The maximum absolute atomic E-state index is 6.52. The molecular formula is C138H89N7O. The van der Waals surface area contributed by atoms with Crippen LogP contribution >= 0.6 is 0 Å². The average molecular weight is 1860 g/mol. The van der Waals surface area contributed by atoms with Crippen molar-refractivity contribution in [3.63, 3.8) is 0 Å². The van der Waals surface area contributed by atoms with Crippen molar-refractivity contribution in [1.29, 1.82) is 0 Å². The van der Waals surface area contributed by atoms with Gasteiger partial charge in [0.25, 0.3) is 0 Å². The Balaban J connectivity index is 0.000000104. The Bertz CT molecular complexity index is 10600. The average Bonchev–Trinajstić information content (AvgIpc) is 1.55. The fourth-order valence-corrected chi connectivity index (χ4v) is 23.8. The molecule has 0 saturated carbocycles. The fraction of sp³-hybridized carbons (Fsp3) is 0. The molecule has 0 aliphatic rings. The van der Waals surface area contributed by atoms with E-state index in [1.54, 1.807) is 0 Å². The van der Waals surface area contributed by atoms with E-state index < -0.39 is 0 Å². The first-order valence-electron chi connectivity index (χ1n) is 50.1. The van der Waals surface area contributed by atoms with Crippen LogP contribution in [0.2, 0.25) is 0 Å². The van der Waals surface area contributed by atoms with Gasteiger partial charge in [0.1, 0.15) is 5.58 Å². The molecule has 23 aromatic carbocycles. The number of hydrogen-bond donors (Lipinski definition) is 0. The van der Waals surface area contributed by atoms with Gasteiger partial charge >= 0.3 is 0 Å². The van der Waals surface area contributed by atoms with Crippen LogP contribution in [0.5, 0.6) is 0 Å². The second-order valence-electron chi connectivity index (χ2n) is 38.1. The van der Waals surface area contributed by atoms with E-state index in [0.717, 1.165) is 55.7 Å². The molecule has 0 radical (unpaired) electrons. The van der Waals surface area contributed by atoms with Crippen LogP contribution in [0.25, 0.3) is 270 Å². The number of fused-ring (bicyclic) bond motifs is 24. The minimum absolute atomic E-state index is 0.905. The fourth-order valence-electron chi connectivity index (χ4n) is 23.8. The first kappa shape index (κ1) is 83.4. The first-order valence-corrected chi connectivity index (χ1v) is 50.1. The maximum Gasteiger partial charge on any atom is 0.159 e. The summed E-state index contributed by atoms with van der Waals surface area (Å²) in [6, 6.07) is 195. The monoisotopic (exact) mass is 1860 g/mol. The normalized spacial score (nSPS) is 11.8. The summed E-state index contributed by atoms with van der Waals surface area (Å²) in [4.78, 5) is 0. The minimum Gasteiger partial charge on any atom is -0.454 e. The van der Waals surface area contributed by atoms with E-state index in [1.165, 1.54) is 214 Å². The number of nitrogens with zero attached hydrogens (tertiary/aromatic N) is 7.